The molecule has 0 saturated carbocycles. The first-order chi connectivity index (χ1) is 12.3. The number of piperidine rings is 1. The number of carbonyl (C=O) groups is 2. The van der Waals surface area contributed by atoms with Crippen LogP contribution in [0.25, 0.3) is 0 Å². The summed E-state index contributed by atoms with van der Waals surface area (Å²) in [5, 5.41) is 2.95. The van der Waals surface area contributed by atoms with E-state index >= 15 is 0 Å². The minimum atomic E-state index is -0.784. The molecule has 0 radical (unpaired) electrons. The van der Waals surface area contributed by atoms with Gasteiger partial charge in [0.25, 0.3) is 0 Å². The normalized spacial score (nSPS) is 20.7. The van der Waals surface area contributed by atoms with Crippen LogP contribution in [0.5, 0.6) is 0 Å². The fourth-order valence-electron chi connectivity index (χ4n) is 3.79. The maximum Gasteiger partial charge on any atom is 0.411 e. The molecule has 1 aromatic rings. The van der Waals surface area contributed by atoms with Crippen molar-refractivity contribution in [1.29, 1.82) is 0 Å². The van der Waals surface area contributed by atoms with Crippen LogP contribution >= 0.6 is 0 Å². The SMILES string of the molecule is CC(C)(C)OC(=O)N1CCNC(=O)C12CCN(Cc1ccccc1)CC2. The van der Waals surface area contributed by atoms with Gasteiger partial charge in [0.2, 0.25) is 5.91 Å². The van der Waals surface area contributed by atoms with Gasteiger partial charge in [-0.3, -0.25) is 14.6 Å². The Balaban J connectivity index is 1.70. The quantitative estimate of drug-likeness (QED) is 0.881. The molecule has 1 spiro atoms. The Morgan fingerprint density at radius 3 is 2.42 bits per heavy atom. The molecule has 3 rings (SSSR count). The fourth-order valence-corrected chi connectivity index (χ4v) is 3.79. The van der Waals surface area contributed by atoms with Crippen molar-refractivity contribution in [2.45, 2.75) is 51.3 Å². The van der Waals surface area contributed by atoms with E-state index in [4.69, 9.17) is 4.74 Å². The van der Waals surface area contributed by atoms with E-state index in [1.54, 1.807) is 4.90 Å². The molecule has 0 atom stereocenters. The van der Waals surface area contributed by atoms with Crippen LogP contribution in [0.3, 0.4) is 0 Å². The van der Waals surface area contributed by atoms with Gasteiger partial charge in [0, 0.05) is 32.7 Å². The van der Waals surface area contributed by atoms with Crippen molar-refractivity contribution in [3.05, 3.63) is 35.9 Å². The van der Waals surface area contributed by atoms with Gasteiger partial charge < -0.3 is 10.1 Å². The lowest BCUT2D eigenvalue weighted by Gasteiger charge is -2.49. The zero-order valence-electron chi connectivity index (χ0n) is 16.0. The summed E-state index contributed by atoms with van der Waals surface area (Å²) in [6.45, 7) is 8.96. The van der Waals surface area contributed by atoms with Crippen molar-refractivity contribution in [2.24, 2.45) is 0 Å². The molecule has 2 saturated heterocycles. The van der Waals surface area contributed by atoms with Gasteiger partial charge in [0.1, 0.15) is 11.1 Å². The first-order valence-corrected chi connectivity index (χ1v) is 9.35. The minimum absolute atomic E-state index is 0.0472. The number of hydrogen-bond donors (Lipinski definition) is 1. The van der Waals surface area contributed by atoms with Gasteiger partial charge in [0.05, 0.1) is 0 Å². The summed E-state index contributed by atoms with van der Waals surface area (Å²) < 4.78 is 5.57. The second-order valence-corrected chi connectivity index (χ2v) is 8.18. The Morgan fingerprint density at radius 2 is 1.81 bits per heavy atom. The summed E-state index contributed by atoms with van der Waals surface area (Å²) >= 11 is 0. The van der Waals surface area contributed by atoms with Crippen molar-refractivity contribution in [3.63, 3.8) is 0 Å². The van der Waals surface area contributed by atoms with Crippen LogP contribution in [0.1, 0.15) is 39.2 Å². The highest BCUT2D eigenvalue weighted by molar-refractivity contribution is 5.91. The molecule has 142 valence electrons. The summed E-state index contributed by atoms with van der Waals surface area (Å²) in [7, 11) is 0. The van der Waals surface area contributed by atoms with Gasteiger partial charge in [-0.15, -0.1) is 0 Å². The molecule has 0 aliphatic carbocycles. The highest BCUT2D eigenvalue weighted by atomic mass is 16.6. The topological polar surface area (TPSA) is 61.9 Å². The predicted molar refractivity (Wildman–Crippen MR) is 99.6 cm³/mol. The van der Waals surface area contributed by atoms with E-state index in [2.05, 4.69) is 22.3 Å². The first-order valence-electron chi connectivity index (χ1n) is 9.35. The number of hydrogen-bond acceptors (Lipinski definition) is 4. The maximum atomic E-state index is 12.7. The number of benzene rings is 1. The highest BCUT2D eigenvalue weighted by Crippen LogP contribution is 2.33. The number of amides is 2. The van der Waals surface area contributed by atoms with Crippen LogP contribution in [0.2, 0.25) is 0 Å². The van der Waals surface area contributed by atoms with Gasteiger partial charge in [-0.25, -0.2) is 4.79 Å². The molecule has 2 fully saturated rings. The van der Waals surface area contributed by atoms with Gasteiger partial charge in [-0.2, -0.15) is 0 Å². The van der Waals surface area contributed by atoms with Crippen LogP contribution in [-0.2, 0) is 16.1 Å². The smallest absolute Gasteiger partial charge is 0.411 e. The van der Waals surface area contributed by atoms with Crippen LogP contribution in [0.4, 0.5) is 4.79 Å². The summed E-state index contributed by atoms with van der Waals surface area (Å²) in [6, 6.07) is 10.3. The minimum Gasteiger partial charge on any atom is -0.444 e. The number of carbonyl (C=O) groups excluding carboxylic acids is 2. The van der Waals surface area contributed by atoms with E-state index in [0.29, 0.717) is 25.9 Å². The summed E-state index contributed by atoms with van der Waals surface area (Å²) in [4.78, 5) is 29.5. The van der Waals surface area contributed by atoms with E-state index in [-0.39, 0.29) is 12.0 Å². The van der Waals surface area contributed by atoms with Crippen molar-refractivity contribution in [3.8, 4) is 0 Å². The molecule has 6 heteroatoms. The highest BCUT2D eigenvalue weighted by Gasteiger charge is 2.51. The number of piperazine rings is 1. The summed E-state index contributed by atoms with van der Waals surface area (Å²) in [5.74, 6) is -0.0472. The lowest BCUT2D eigenvalue weighted by molar-refractivity contribution is -0.141. The average molecular weight is 359 g/mol. The van der Waals surface area contributed by atoms with Crippen molar-refractivity contribution in [2.75, 3.05) is 26.2 Å². The number of likely N-dealkylation sites (tertiary alicyclic amines) is 1. The van der Waals surface area contributed by atoms with Gasteiger partial charge in [-0.05, 0) is 39.2 Å². The molecule has 6 nitrogen and oxygen atoms in total. The van der Waals surface area contributed by atoms with Crippen LogP contribution < -0.4 is 5.32 Å². The third-order valence-electron chi connectivity index (χ3n) is 5.11. The largest absolute Gasteiger partial charge is 0.444 e. The van der Waals surface area contributed by atoms with Crippen LogP contribution in [0.15, 0.2) is 30.3 Å². The molecule has 2 amide bonds. The molecule has 1 aromatic carbocycles. The lowest BCUT2D eigenvalue weighted by atomic mass is 9.83. The zero-order chi connectivity index (χ0) is 18.8. The summed E-state index contributed by atoms with van der Waals surface area (Å²) in [5.41, 5.74) is -0.0888. The average Bonchev–Trinajstić information content (AvgIpc) is 2.58. The third-order valence-corrected chi connectivity index (χ3v) is 5.11. The van der Waals surface area contributed by atoms with Crippen molar-refractivity contribution < 1.29 is 14.3 Å². The second-order valence-electron chi connectivity index (χ2n) is 8.18. The van der Waals surface area contributed by atoms with E-state index in [0.717, 1.165) is 19.6 Å². The van der Waals surface area contributed by atoms with Gasteiger partial charge in [0.15, 0.2) is 0 Å². The van der Waals surface area contributed by atoms with E-state index < -0.39 is 11.1 Å². The summed E-state index contributed by atoms with van der Waals surface area (Å²) in [6.07, 6.45) is 0.874. The second kappa shape index (κ2) is 7.27. The van der Waals surface area contributed by atoms with Gasteiger partial charge >= 0.3 is 6.09 Å². The van der Waals surface area contributed by atoms with Crippen LogP contribution in [-0.4, -0.2) is 59.1 Å². The lowest BCUT2D eigenvalue weighted by Crippen LogP contribution is -2.69. The van der Waals surface area contributed by atoms with Crippen molar-refractivity contribution in [1.82, 2.24) is 15.1 Å². The number of nitrogens with one attached hydrogen (secondary N) is 1. The van der Waals surface area contributed by atoms with E-state index in [1.807, 2.05) is 39.0 Å². The van der Waals surface area contributed by atoms with E-state index in [1.165, 1.54) is 5.56 Å². The molecule has 2 aliphatic heterocycles. The molecule has 0 bridgehead atoms. The Bertz CT molecular complexity index is 646. The van der Waals surface area contributed by atoms with Crippen molar-refractivity contribution >= 4 is 12.0 Å². The molecule has 0 aromatic heterocycles. The zero-order valence-corrected chi connectivity index (χ0v) is 16.0. The number of ether oxygens (including phenoxy) is 1. The molecule has 26 heavy (non-hydrogen) atoms. The predicted octanol–water partition coefficient (Wildman–Crippen LogP) is 2.39. The molecule has 1 N–H and O–H groups in total. The molecular weight excluding hydrogens is 330 g/mol. The molecule has 2 heterocycles. The Hall–Kier alpha value is -2.08. The molecular formula is C20H29N3O3. The molecule has 0 unspecified atom stereocenters. The fraction of sp³-hybridized carbons (Fsp3) is 0.600. The Morgan fingerprint density at radius 1 is 1.15 bits per heavy atom. The monoisotopic (exact) mass is 359 g/mol. The Kier molecular flexibility index (Phi) is 5.23. The Labute approximate surface area is 155 Å². The third kappa shape index (κ3) is 4.01. The molecule has 2 aliphatic rings. The first kappa shape index (κ1) is 18.7. The standard InChI is InChI=1S/C20H29N3O3/c1-19(2,3)26-18(25)23-14-11-21-17(24)20(23)9-12-22(13-10-20)15-16-7-5-4-6-8-16/h4-8H,9-15H2,1-3H3,(H,21,24). The maximum absolute atomic E-state index is 12.7. The number of rotatable bonds is 2. The van der Waals surface area contributed by atoms with E-state index in [9.17, 15) is 9.59 Å². The number of nitrogens with zero attached hydrogens (tertiary/aromatic N) is 2. The van der Waals surface area contributed by atoms with Gasteiger partial charge in [-0.1, -0.05) is 30.3 Å². The van der Waals surface area contributed by atoms with Crippen LogP contribution in [0, 0.1) is 0 Å².